The fraction of sp³-hybridized carbons (Fsp3) is 0.318. The van der Waals surface area contributed by atoms with Crippen LogP contribution in [0.3, 0.4) is 0 Å². The number of hydroxylamine groups is 1. The number of nitrogens with one attached hydrogen (secondary N) is 2. The van der Waals surface area contributed by atoms with Crippen LogP contribution in [0.5, 0.6) is 5.75 Å². The molecule has 0 saturated carbocycles. The summed E-state index contributed by atoms with van der Waals surface area (Å²) < 4.78 is 18.3. The molecular weight excluding hydrogens is 375 g/mol. The lowest BCUT2D eigenvalue weighted by Gasteiger charge is -2.39. The Morgan fingerprint density at radius 3 is 2.14 bits per heavy atom. The minimum Gasteiger partial charge on any atom is -0.497 e. The van der Waals surface area contributed by atoms with Crippen molar-refractivity contribution in [3.63, 3.8) is 0 Å². The van der Waals surface area contributed by atoms with E-state index in [9.17, 15) is 14.3 Å². The lowest BCUT2D eigenvalue weighted by Crippen LogP contribution is -2.68. The molecule has 6 nitrogen and oxygen atoms in total. The Kier molecular flexibility index (Phi) is 7.50. The van der Waals surface area contributed by atoms with Gasteiger partial charge in [0.15, 0.2) is 0 Å². The van der Waals surface area contributed by atoms with E-state index in [4.69, 9.17) is 9.94 Å². The van der Waals surface area contributed by atoms with Crippen molar-refractivity contribution in [1.29, 1.82) is 0 Å². The predicted octanol–water partition coefficient (Wildman–Crippen LogP) is 2.95. The normalized spacial score (nSPS) is 15.5. The lowest BCUT2D eigenvalue weighted by atomic mass is 9.82. The molecule has 2 aromatic carbocycles. The number of hydrogen-bond acceptors (Lipinski definition) is 5. The van der Waals surface area contributed by atoms with Gasteiger partial charge >= 0.3 is 0 Å². The second-order valence-electron chi connectivity index (χ2n) is 7.11. The molecule has 7 heteroatoms. The van der Waals surface area contributed by atoms with Gasteiger partial charge in [-0.1, -0.05) is 48.6 Å². The number of carbonyl (C=O) groups is 1. The first-order valence-corrected chi connectivity index (χ1v) is 9.16. The molecule has 0 fully saturated rings. The van der Waals surface area contributed by atoms with Gasteiger partial charge in [-0.05, 0) is 42.7 Å². The Bertz CT molecular complexity index is 835. The van der Waals surface area contributed by atoms with Gasteiger partial charge in [-0.2, -0.15) is 0 Å². The second-order valence-corrected chi connectivity index (χ2v) is 7.11. The lowest BCUT2D eigenvalue weighted by molar-refractivity contribution is -0.148. The third-order valence-corrected chi connectivity index (χ3v) is 5.11. The van der Waals surface area contributed by atoms with Crippen LogP contribution in [-0.2, 0) is 4.79 Å². The van der Waals surface area contributed by atoms with Crippen LogP contribution in [0.2, 0.25) is 0 Å². The Balaban J connectivity index is 2.03. The van der Waals surface area contributed by atoms with Gasteiger partial charge < -0.3 is 9.84 Å². The first kappa shape index (κ1) is 22.5. The van der Waals surface area contributed by atoms with E-state index in [0.717, 1.165) is 22.4 Å². The minimum absolute atomic E-state index is 0.181. The number of carbonyl (C=O) groups excluding carboxylic acids is 1. The van der Waals surface area contributed by atoms with E-state index in [2.05, 4.69) is 5.32 Å². The maximum Gasteiger partial charge on any atom is 0.266 e. The van der Waals surface area contributed by atoms with Gasteiger partial charge in [0.05, 0.1) is 7.11 Å². The molecule has 29 heavy (non-hydrogen) atoms. The highest BCUT2D eigenvalue weighted by atomic mass is 19.1. The van der Waals surface area contributed by atoms with E-state index >= 15 is 0 Å². The number of rotatable bonds is 9. The van der Waals surface area contributed by atoms with Crippen molar-refractivity contribution < 1.29 is 24.2 Å². The molecule has 0 heterocycles. The number of alkyl halides is 1. The fourth-order valence-electron chi connectivity index (χ4n) is 2.79. The van der Waals surface area contributed by atoms with E-state index in [1.54, 1.807) is 13.2 Å². The average Bonchev–Trinajstić information content (AvgIpc) is 2.76. The van der Waals surface area contributed by atoms with Crippen molar-refractivity contribution in [3.05, 3.63) is 60.2 Å². The maximum atomic E-state index is 13.2. The number of amides is 1. The highest BCUT2D eigenvalue weighted by Crippen LogP contribution is 2.24. The summed E-state index contributed by atoms with van der Waals surface area (Å²) in [6.07, 6.45) is 3.59. The van der Waals surface area contributed by atoms with Gasteiger partial charge in [0.2, 0.25) is 0 Å². The molecule has 4 N–H and O–H groups in total. The summed E-state index contributed by atoms with van der Waals surface area (Å²) in [5.74, 6) is -0.119. The summed E-state index contributed by atoms with van der Waals surface area (Å²) in [5.41, 5.74) is 0.847. The highest BCUT2D eigenvalue weighted by Gasteiger charge is 2.49. The zero-order chi connectivity index (χ0) is 21.5. The first-order chi connectivity index (χ1) is 13.8. The van der Waals surface area contributed by atoms with Gasteiger partial charge in [0.25, 0.3) is 5.91 Å². The van der Waals surface area contributed by atoms with Gasteiger partial charge in [-0.3, -0.25) is 15.3 Å². The summed E-state index contributed by atoms with van der Waals surface area (Å²) in [5, 5.41) is 21.9. The highest BCUT2D eigenvalue weighted by molar-refractivity contribution is 5.86. The number of hydrogen-bond donors (Lipinski definition) is 4. The van der Waals surface area contributed by atoms with Crippen molar-refractivity contribution in [3.8, 4) is 16.9 Å². The third kappa shape index (κ3) is 5.20. The smallest absolute Gasteiger partial charge is 0.266 e. The average molecular weight is 402 g/mol. The maximum absolute atomic E-state index is 13.2. The Labute approximate surface area is 170 Å². The number of aliphatic hydroxyl groups is 1. The van der Waals surface area contributed by atoms with E-state index in [1.807, 2.05) is 54.6 Å². The van der Waals surface area contributed by atoms with Crippen molar-refractivity contribution in [2.24, 2.45) is 0 Å². The van der Waals surface area contributed by atoms with Crippen LogP contribution in [0, 0.1) is 0 Å². The summed E-state index contributed by atoms with van der Waals surface area (Å²) in [7, 11) is 1.63. The molecule has 2 rings (SSSR count). The Hall–Kier alpha value is -2.74. The molecule has 2 aromatic rings. The second kappa shape index (κ2) is 9.65. The van der Waals surface area contributed by atoms with Gasteiger partial charge in [0, 0.05) is 6.54 Å². The summed E-state index contributed by atoms with van der Waals surface area (Å²) in [6, 6.07) is 15.7. The number of methoxy groups -OCH3 is 1. The quantitative estimate of drug-likeness (QED) is 0.382. The molecule has 0 aliphatic rings. The zero-order valence-electron chi connectivity index (χ0n) is 16.8. The molecule has 0 bridgehead atoms. The molecule has 0 saturated heterocycles. The van der Waals surface area contributed by atoms with Crippen LogP contribution in [0.25, 0.3) is 17.2 Å². The van der Waals surface area contributed by atoms with E-state index in [1.165, 1.54) is 19.3 Å². The van der Waals surface area contributed by atoms with Gasteiger partial charge in [-0.25, -0.2) is 9.87 Å². The standard InChI is InChI=1S/C22H27FN2O4/c1-21(27,15-23)22(2,20(26)25-28)24-14-4-5-16-6-8-17(9-7-16)18-10-12-19(29-3)13-11-18/h4-13,24,27-28H,14-15H2,1-3H3,(H,25,26)/b5-4+/t21-,22?/m1/s1. The van der Waals surface area contributed by atoms with E-state index in [-0.39, 0.29) is 6.54 Å². The zero-order valence-corrected chi connectivity index (χ0v) is 16.8. The SMILES string of the molecule is COc1ccc(-c2ccc(/C=C/CNC(C)(C(=O)NO)[C@](C)(O)CF)cc2)cc1. The summed E-state index contributed by atoms with van der Waals surface area (Å²) >= 11 is 0. The van der Waals surface area contributed by atoms with Crippen molar-refractivity contribution in [2.75, 3.05) is 20.3 Å². The summed E-state index contributed by atoms with van der Waals surface area (Å²) in [6.45, 7) is 1.55. The van der Waals surface area contributed by atoms with Crippen LogP contribution < -0.4 is 15.5 Å². The molecule has 0 spiro atoms. The molecule has 1 amide bonds. The predicted molar refractivity (Wildman–Crippen MR) is 110 cm³/mol. The van der Waals surface area contributed by atoms with Crippen LogP contribution >= 0.6 is 0 Å². The van der Waals surface area contributed by atoms with E-state index < -0.39 is 23.7 Å². The number of benzene rings is 2. The molecule has 0 aromatic heterocycles. The third-order valence-electron chi connectivity index (χ3n) is 5.11. The molecular formula is C22H27FN2O4. The topological polar surface area (TPSA) is 90.8 Å². The van der Waals surface area contributed by atoms with Crippen molar-refractivity contribution in [1.82, 2.24) is 10.8 Å². The fourth-order valence-corrected chi connectivity index (χ4v) is 2.79. The van der Waals surface area contributed by atoms with Gasteiger partial charge in [0.1, 0.15) is 23.6 Å². The first-order valence-electron chi connectivity index (χ1n) is 9.16. The van der Waals surface area contributed by atoms with Gasteiger partial charge in [-0.15, -0.1) is 0 Å². The Morgan fingerprint density at radius 1 is 1.10 bits per heavy atom. The van der Waals surface area contributed by atoms with Crippen LogP contribution in [0.15, 0.2) is 54.6 Å². The molecule has 1 unspecified atom stereocenters. The monoisotopic (exact) mass is 402 g/mol. The van der Waals surface area contributed by atoms with Crippen LogP contribution in [0.4, 0.5) is 4.39 Å². The number of halogens is 1. The molecule has 0 aliphatic carbocycles. The Morgan fingerprint density at radius 2 is 1.66 bits per heavy atom. The van der Waals surface area contributed by atoms with Crippen molar-refractivity contribution >= 4 is 12.0 Å². The van der Waals surface area contributed by atoms with Crippen LogP contribution in [0.1, 0.15) is 19.4 Å². The number of ether oxygens (including phenoxy) is 1. The largest absolute Gasteiger partial charge is 0.497 e. The molecule has 0 aliphatic heterocycles. The van der Waals surface area contributed by atoms with Crippen molar-refractivity contribution in [2.45, 2.75) is 25.0 Å². The molecule has 2 atom stereocenters. The summed E-state index contributed by atoms with van der Waals surface area (Å²) in [4.78, 5) is 11.9. The molecule has 0 radical (unpaired) electrons. The van der Waals surface area contributed by atoms with Crippen LogP contribution in [-0.4, -0.2) is 47.7 Å². The minimum atomic E-state index is -1.99. The van der Waals surface area contributed by atoms with E-state index in [0.29, 0.717) is 0 Å². The molecule has 156 valence electrons.